The number of nitrogens with zero attached hydrogens (tertiary/aromatic N) is 1. The number of carbonyl (C=O) groups excluding carboxylic acids is 4. The predicted octanol–water partition coefficient (Wildman–Crippen LogP) is 2.61. The second kappa shape index (κ2) is 9.78. The van der Waals surface area contributed by atoms with Crippen molar-refractivity contribution in [3.8, 4) is 0 Å². The Morgan fingerprint density at radius 2 is 1.93 bits per heavy atom. The van der Waals surface area contributed by atoms with Gasteiger partial charge < -0.3 is 14.8 Å². The number of nitrogens with one attached hydrogen (secondary N) is 1. The molecule has 0 bridgehead atoms. The molecule has 2 heterocycles. The summed E-state index contributed by atoms with van der Waals surface area (Å²) in [6, 6.07) is -0.856. The molecule has 1 fully saturated rings. The van der Waals surface area contributed by atoms with Crippen LogP contribution >= 0.6 is 58.2 Å². The summed E-state index contributed by atoms with van der Waals surface area (Å²) in [5, 5.41) is 1.96. The molecule has 29 heavy (non-hydrogen) atoms. The van der Waals surface area contributed by atoms with E-state index in [0.717, 1.165) is 16.7 Å². The lowest BCUT2D eigenvalue weighted by Gasteiger charge is -2.50. The van der Waals surface area contributed by atoms with Crippen LogP contribution in [0.3, 0.4) is 0 Å². The molecular weight excluding hydrogens is 490 g/mol. The van der Waals surface area contributed by atoms with Crippen molar-refractivity contribution in [2.45, 2.75) is 35.5 Å². The number of ether oxygens (including phenoxy) is 2. The zero-order valence-electron chi connectivity index (χ0n) is 15.2. The molecule has 0 aliphatic carbocycles. The normalized spacial score (nSPS) is 22.8. The van der Waals surface area contributed by atoms with E-state index in [1.807, 2.05) is 0 Å². The lowest BCUT2D eigenvalue weighted by molar-refractivity contribution is -0.153. The van der Waals surface area contributed by atoms with E-state index >= 15 is 0 Å². The van der Waals surface area contributed by atoms with E-state index < -0.39 is 39.7 Å². The summed E-state index contributed by atoms with van der Waals surface area (Å²) in [6.07, 6.45) is 0.186. The van der Waals surface area contributed by atoms with Gasteiger partial charge in [-0.1, -0.05) is 65.1 Å². The van der Waals surface area contributed by atoms with Crippen LogP contribution in [-0.4, -0.2) is 57.1 Å². The smallest absolute Gasteiger partial charge is 0.355 e. The Labute approximate surface area is 190 Å². The average Bonchev–Trinajstić information content (AvgIpc) is 2.66. The Bertz CT molecular complexity index is 795. The van der Waals surface area contributed by atoms with E-state index in [1.165, 1.54) is 12.5 Å². The number of fused-ring (bicyclic) bond motifs is 1. The number of β-lactam (4-membered cyclic amide) rings is 1. The van der Waals surface area contributed by atoms with Crippen LogP contribution in [0.2, 0.25) is 0 Å². The molecule has 2 rings (SSSR count). The fraction of sp³-hybridized carbons (Fsp3) is 0.500. The van der Waals surface area contributed by atoms with E-state index in [0.29, 0.717) is 4.91 Å². The van der Waals surface area contributed by atoms with Crippen LogP contribution in [0.25, 0.3) is 0 Å². The maximum atomic E-state index is 12.7. The van der Waals surface area contributed by atoms with Crippen LogP contribution in [0.1, 0.15) is 20.3 Å². The highest BCUT2D eigenvalue weighted by Crippen LogP contribution is 2.47. The number of halogens is 4. The van der Waals surface area contributed by atoms with Crippen molar-refractivity contribution in [1.82, 2.24) is 10.2 Å². The van der Waals surface area contributed by atoms with Crippen LogP contribution < -0.4 is 5.32 Å². The van der Waals surface area contributed by atoms with Crippen molar-refractivity contribution in [3.63, 3.8) is 0 Å². The summed E-state index contributed by atoms with van der Waals surface area (Å²) in [4.78, 5) is 49.9. The van der Waals surface area contributed by atoms with Gasteiger partial charge in [0.15, 0.2) is 0 Å². The molecule has 2 aliphatic heterocycles. The quantitative estimate of drug-likeness (QED) is 0.336. The summed E-state index contributed by atoms with van der Waals surface area (Å²) in [5.41, 5.74) is 1.16. The molecule has 0 aromatic rings. The molecule has 0 saturated carbocycles. The molecule has 0 aromatic heterocycles. The first-order valence-electron chi connectivity index (χ1n) is 8.20. The van der Waals surface area contributed by atoms with Gasteiger partial charge in [-0.3, -0.25) is 19.3 Å². The average molecular weight is 506 g/mol. The van der Waals surface area contributed by atoms with E-state index in [1.54, 1.807) is 6.92 Å². The molecule has 0 aromatic carbocycles. The SMILES string of the molecule is CCC(=O)NC1C(=O)N2C(C(=O)OCC(Cl)(Cl)Cl)=C(COC(C)=O)C(=CCl)S[C@H]12. The Morgan fingerprint density at radius 3 is 2.45 bits per heavy atom. The highest BCUT2D eigenvalue weighted by atomic mass is 35.6. The second-order valence-corrected chi connectivity index (χ2v) is 9.78. The number of hydrogen-bond acceptors (Lipinski definition) is 7. The molecule has 2 atom stereocenters. The lowest BCUT2D eigenvalue weighted by Crippen LogP contribution is -2.70. The first-order valence-corrected chi connectivity index (χ1v) is 10.6. The maximum absolute atomic E-state index is 12.7. The minimum absolute atomic E-state index is 0.166. The van der Waals surface area contributed by atoms with Gasteiger partial charge in [-0.25, -0.2) is 4.79 Å². The van der Waals surface area contributed by atoms with Gasteiger partial charge in [0.25, 0.3) is 5.91 Å². The first kappa shape index (κ1) is 24.1. The van der Waals surface area contributed by atoms with E-state index in [9.17, 15) is 19.2 Å². The summed E-state index contributed by atoms with van der Waals surface area (Å²) >= 11 is 23.9. The Kier molecular flexibility index (Phi) is 8.15. The van der Waals surface area contributed by atoms with Crippen LogP contribution in [0, 0.1) is 0 Å². The lowest BCUT2D eigenvalue weighted by atomic mass is 10.0. The molecule has 1 N–H and O–H groups in total. The molecule has 2 aliphatic rings. The maximum Gasteiger partial charge on any atom is 0.355 e. The van der Waals surface area contributed by atoms with Gasteiger partial charge in [-0.05, 0) is 0 Å². The zero-order valence-corrected chi connectivity index (χ0v) is 19.0. The topological polar surface area (TPSA) is 102 Å². The Morgan fingerprint density at radius 1 is 1.28 bits per heavy atom. The third-order valence-corrected chi connectivity index (χ3v) is 5.85. The summed E-state index contributed by atoms with van der Waals surface area (Å²) in [6.45, 7) is 1.93. The third-order valence-electron chi connectivity index (χ3n) is 3.83. The summed E-state index contributed by atoms with van der Waals surface area (Å²) < 4.78 is 8.14. The van der Waals surface area contributed by atoms with Crippen molar-refractivity contribution >= 4 is 81.9 Å². The van der Waals surface area contributed by atoms with Gasteiger partial charge >= 0.3 is 11.9 Å². The minimum atomic E-state index is -1.86. The highest BCUT2D eigenvalue weighted by molar-refractivity contribution is 8.04. The highest BCUT2D eigenvalue weighted by Gasteiger charge is 2.55. The van der Waals surface area contributed by atoms with Gasteiger partial charge in [0.1, 0.15) is 30.3 Å². The van der Waals surface area contributed by atoms with E-state index in [2.05, 4.69) is 5.32 Å². The predicted molar refractivity (Wildman–Crippen MR) is 109 cm³/mol. The summed E-state index contributed by atoms with van der Waals surface area (Å²) in [7, 11) is 0. The minimum Gasteiger partial charge on any atom is -0.461 e. The van der Waals surface area contributed by atoms with Crippen LogP contribution in [0.5, 0.6) is 0 Å². The number of esters is 2. The molecule has 0 spiro atoms. The van der Waals surface area contributed by atoms with Crippen LogP contribution in [-0.2, 0) is 28.7 Å². The molecule has 160 valence electrons. The largest absolute Gasteiger partial charge is 0.461 e. The van der Waals surface area contributed by atoms with Crippen molar-refractivity contribution in [2.75, 3.05) is 13.2 Å². The fourth-order valence-corrected chi connectivity index (χ4v) is 4.23. The molecular formula is C16H16Cl4N2O6S. The molecule has 13 heteroatoms. The van der Waals surface area contributed by atoms with Gasteiger partial charge in [-0.2, -0.15) is 0 Å². The van der Waals surface area contributed by atoms with Crippen molar-refractivity contribution in [3.05, 3.63) is 21.7 Å². The van der Waals surface area contributed by atoms with Gasteiger partial charge in [0, 0.05) is 29.4 Å². The number of carbonyl (C=O) groups is 4. The molecule has 1 saturated heterocycles. The number of alkyl halides is 3. The van der Waals surface area contributed by atoms with Gasteiger partial charge in [-0.15, -0.1) is 0 Å². The van der Waals surface area contributed by atoms with E-state index in [4.69, 9.17) is 55.9 Å². The number of rotatable bonds is 6. The number of hydrogen-bond donors (Lipinski definition) is 1. The standard InChI is InChI=1S/C16H16Cl4N2O6S/c1-3-10(24)21-11-13(25)22-12(15(26)28-6-16(18,19)20)8(5-27-7(2)23)9(4-17)29-14(11)22/h4,11,14H,3,5-6H2,1-2H3,(H,21,24)/t11?,14-/m1/s1. The Balaban J connectivity index is 2.41. The molecule has 8 nitrogen and oxygen atoms in total. The number of thioether (sulfide) groups is 1. The van der Waals surface area contributed by atoms with Crippen LogP contribution in [0.4, 0.5) is 0 Å². The van der Waals surface area contributed by atoms with Crippen molar-refractivity contribution in [2.24, 2.45) is 0 Å². The van der Waals surface area contributed by atoms with Crippen molar-refractivity contribution < 1.29 is 28.7 Å². The molecule has 2 amide bonds. The molecule has 1 unspecified atom stereocenters. The summed E-state index contributed by atoms with van der Waals surface area (Å²) in [5.74, 6) is -2.42. The Hall–Kier alpha value is -1.13. The van der Waals surface area contributed by atoms with Gasteiger partial charge in [0.05, 0.1) is 0 Å². The monoisotopic (exact) mass is 504 g/mol. The van der Waals surface area contributed by atoms with Crippen LogP contribution in [0.15, 0.2) is 21.7 Å². The number of amides is 2. The third kappa shape index (κ3) is 5.73. The van der Waals surface area contributed by atoms with Crippen molar-refractivity contribution in [1.29, 1.82) is 0 Å². The van der Waals surface area contributed by atoms with Gasteiger partial charge in [0.2, 0.25) is 9.70 Å². The first-order chi connectivity index (χ1) is 13.5. The fourth-order valence-electron chi connectivity index (χ4n) is 2.54. The van der Waals surface area contributed by atoms with E-state index in [-0.39, 0.29) is 30.2 Å². The zero-order chi connectivity index (χ0) is 21.9. The second-order valence-electron chi connectivity index (χ2n) is 5.89. The molecule has 0 radical (unpaired) electrons.